The molecule has 3 aromatic heterocycles. The summed E-state index contributed by atoms with van der Waals surface area (Å²) in [5.41, 5.74) is 4.10. The first-order valence-corrected chi connectivity index (χ1v) is 10.5. The molecule has 0 atom stereocenters. The molecule has 1 fully saturated rings. The molecular weight excluding hydrogens is 392 g/mol. The van der Waals surface area contributed by atoms with Gasteiger partial charge in [-0.1, -0.05) is 0 Å². The van der Waals surface area contributed by atoms with Gasteiger partial charge in [-0.3, -0.25) is 9.58 Å². The van der Waals surface area contributed by atoms with E-state index < -0.39 is 0 Å². The summed E-state index contributed by atoms with van der Waals surface area (Å²) in [6, 6.07) is 8.27. The number of aromatic nitrogens is 6. The highest BCUT2D eigenvalue weighted by molar-refractivity contribution is 5.83. The molecule has 0 amide bonds. The third-order valence-electron chi connectivity index (χ3n) is 5.55. The number of rotatable bonds is 6. The summed E-state index contributed by atoms with van der Waals surface area (Å²) in [6.07, 6.45) is 5.40. The molecule has 4 aromatic rings. The van der Waals surface area contributed by atoms with Crippen LogP contribution in [0, 0.1) is 6.92 Å². The Balaban J connectivity index is 1.35. The molecule has 0 unspecified atom stereocenters. The first-order valence-electron chi connectivity index (χ1n) is 10.5. The van der Waals surface area contributed by atoms with Gasteiger partial charge in [0.15, 0.2) is 5.82 Å². The topological polar surface area (TPSA) is 96.9 Å². The van der Waals surface area contributed by atoms with Gasteiger partial charge in [0.2, 0.25) is 5.95 Å². The van der Waals surface area contributed by atoms with Crippen molar-refractivity contribution in [2.45, 2.75) is 39.5 Å². The quantitative estimate of drug-likeness (QED) is 0.497. The van der Waals surface area contributed by atoms with Crippen molar-refractivity contribution in [2.75, 3.05) is 18.4 Å². The standard InChI is InChI=1S/C22H26N8O/c1-14(2)30-20-5-4-18(8-16(20)9-24-30)25-22-23-7-6-21(26-22)29-11-17(15(3)27-29)10-28-12-19(31)13-28/h4-9,11,14,19,31H,10,12-13H2,1-3H3,(H,23,25,26). The monoisotopic (exact) mass is 418 g/mol. The van der Waals surface area contributed by atoms with Gasteiger partial charge in [-0.05, 0) is 39.0 Å². The highest BCUT2D eigenvalue weighted by Crippen LogP contribution is 2.23. The molecule has 0 bridgehead atoms. The number of aliphatic hydroxyl groups excluding tert-OH is 1. The van der Waals surface area contributed by atoms with E-state index in [1.807, 2.05) is 36.1 Å². The minimum atomic E-state index is -0.204. The molecule has 1 aliphatic heterocycles. The van der Waals surface area contributed by atoms with Crippen molar-refractivity contribution >= 4 is 22.5 Å². The smallest absolute Gasteiger partial charge is 0.229 e. The average molecular weight is 419 g/mol. The van der Waals surface area contributed by atoms with Gasteiger partial charge in [0.05, 0.1) is 23.5 Å². The van der Waals surface area contributed by atoms with Gasteiger partial charge in [0.25, 0.3) is 0 Å². The van der Waals surface area contributed by atoms with Crippen LogP contribution in [0.25, 0.3) is 16.7 Å². The van der Waals surface area contributed by atoms with Gasteiger partial charge in [-0.25, -0.2) is 9.67 Å². The second-order valence-electron chi connectivity index (χ2n) is 8.35. The highest BCUT2D eigenvalue weighted by Gasteiger charge is 2.25. The van der Waals surface area contributed by atoms with Crippen molar-refractivity contribution < 1.29 is 5.11 Å². The molecule has 0 spiro atoms. The second kappa shape index (κ2) is 7.75. The molecular formula is C22H26N8O. The maximum absolute atomic E-state index is 9.49. The number of aliphatic hydroxyl groups is 1. The van der Waals surface area contributed by atoms with Gasteiger partial charge in [-0.15, -0.1) is 0 Å². The summed E-state index contributed by atoms with van der Waals surface area (Å²) in [6.45, 7) is 8.44. The van der Waals surface area contributed by atoms with Crippen molar-refractivity contribution in [1.29, 1.82) is 0 Å². The fourth-order valence-corrected chi connectivity index (χ4v) is 3.89. The van der Waals surface area contributed by atoms with E-state index in [9.17, 15) is 5.11 Å². The summed E-state index contributed by atoms with van der Waals surface area (Å²) < 4.78 is 3.79. The van der Waals surface area contributed by atoms with Gasteiger partial charge >= 0.3 is 0 Å². The summed E-state index contributed by atoms with van der Waals surface area (Å²) in [7, 11) is 0. The molecule has 0 aliphatic carbocycles. The lowest BCUT2D eigenvalue weighted by molar-refractivity contribution is -0.00297. The van der Waals surface area contributed by atoms with Crippen LogP contribution in [0.1, 0.15) is 31.1 Å². The van der Waals surface area contributed by atoms with Gasteiger partial charge < -0.3 is 10.4 Å². The molecule has 1 aliphatic rings. The zero-order valence-electron chi connectivity index (χ0n) is 17.9. The third-order valence-corrected chi connectivity index (χ3v) is 5.55. The van der Waals surface area contributed by atoms with Gasteiger partial charge in [0, 0.05) is 60.8 Å². The first kappa shape index (κ1) is 19.7. The molecule has 160 valence electrons. The Morgan fingerprint density at radius 3 is 2.84 bits per heavy atom. The van der Waals surface area contributed by atoms with Crippen LogP contribution < -0.4 is 5.32 Å². The Morgan fingerprint density at radius 2 is 2.06 bits per heavy atom. The Bertz CT molecular complexity index is 1220. The number of benzene rings is 1. The van der Waals surface area contributed by atoms with Crippen molar-refractivity contribution in [2.24, 2.45) is 0 Å². The zero-order valence-corrected chi connectivity index (χ0v) is 17.9. The van der Waals surface area contributed by atoms with Crippen molar-refractivity contribution in [3.63, 3.8) is 0 Å². The Hall–Kier alpha value is -3.30. The Morgan fingerprint density at radius 1 is 1.23 bits per heavy atom. The van der Waals surface area contributed by atoms with Crippen LogP contribution in [0.2, 0.25) is 0 Å². The van der Waals surface area contributed by atoms with E-state index >= 15 is 0 Å². The maximum atomic E-state index is 9.49. The Kier molecular flexibility index (Phi) is 4.91. The van der Waals surface area contributed by atoms with E-state index in [0.717, 1.165) is 34.4 Å². The molecule has 5 rings (SSSR count). The van der Waals surface area contributed by atoms with Crippen molar-refractivity contribution in [1.82, 2.24) is 34.4 Å². The summed E-state index contributed by atoms with van der Waals surface area (Å²) in [4.78, 5) is 11.2. The number of anilines is 2. The molecule has 9 nitrogen and oxygen atoms in total. The van der Waals surface area contributed by atoms with Gasteiger partial charge in [-0.2, -0.15) is 15.2 Å². The lowest BCUT2D eigenvalue weighted by Crippen LogP contribution is -2.49. The van der Waals surface area contributed by atoms with Crippen LogP contribution in [0.4, 0.5) is 11.6 Å². The molecule has 1 saturated heterocycles. The second-order valence-corrected chi connectivity index (χ2v) is 8.35. The normalized spacial score (nSPS) is 15.0. The molecule has 1 aromatic carbocycles. The number of hydrogen-bond acceptors (Lipinski definition) is 7. The molecule has 31 heavy (non-hydrogen) atoms. The number of aryl methyl sites for hydroxylation is 1. The largest absolute Gasteiger partial charge is 0.390 e. The number of likely N-dealkylation sites (tertiary alicyclic amines) is 1. The molecule has 0 radical (unpaired) electrons. The number of hydrogen-bond donors (Lipinski definition) is 2. The van der Waals surface area contributed by atoms with Crippen LogP contribution in [-0.2, 0) is 6.54 Å². The Labute approximate surface area is 180 Å². The molecule has 0 saturated carbocycles. The third kappa shape index (κ3) is 3.89. The van der Waals surface area contributed by atoms with Crippen LogP contribution in [0.5, 0.6) is 0 Å². The molecule has 4 heterocycles. The lowest BCUT2D eigenvalue weighted by Gasteiger charge is -2.35. The van der Waals surface area contributed by atoms with E-state index in [1.165, 1.54) is 0 Å². The van der Waals surface area contributed by atoms with Crippen LogP contribution in [-0.4, -0.2) is 58.7 Å². The number of nitrogens with zero attached hydrogens (tertiary/aromatic N) is 7. The van der Waals surface area contributed by atoms with Gasteiger partial charge in [0.1, 0.15) is 0 Å². The van der Waals surface area contributed by atoms with Crippen LogP contribution in [0.15, 0.2) is 42.9 Å². The number of nitrogens with one attached hydrogen (secondary N) is 1. The summed E-state index contributed by atoms with van der Waals surface area (Å²) in [5, 5.41) is 22.9. The highest BCUT2D eigenvalue weighted by atomic mass is 16.3. The number of fused-ring (bicyclic) bond motifs is 1. The zero-order chi connectivity index (χ0) is 21.5. The number of β-amino-alcohol motifs (C(OH)–C–C–N with tert-alkyl or cyclic N) is 1. The van der Waals surface area contributed by atoms with Crippen LogP contribution >= 0.6 is 0 Å². The average Bonchev–Trinajstić information content (AvgIpc) is 3.30. The molecule has 9 heteroatoms. The predicted octanol–water partition coefficient (Wildman–Crippen LogP) is 2.82. The predicted molar refractivity (Wildman–Crippen MR) is 119 cm³/mol. The van der Waals surface area contributed by atoms with E-state index in [2.05, 4.69) is 56.4 Å². The van der Waals surface area contributed by atoms with E-state index in [4.69, 9.17) is 0 Å². The minimum absolute atomic E-state index is 0.204. The van der Waals surface area contributed by atoms with E-state index in [1.54, 1.807) is 10.9 Å². The van der Waals surface area contributed by atoms with Crippen LogP contribution in [0.3, 0.4) is 0 Å². The minimum Gasteiger partial charge on any atom is -0.390 e. The molecule has 2 N–H and O–H groups in total. The SMILES string of the molecule is Cc1nn(-c2ccnc(Nc3ccc4c(cnn4C(C)C)c3)n2)cc1CN1CC(O)C1. The summed E-state index contributed by atoms with van der Waals surface area (Å²) in [5.74, 6) is 1.21. The fraction of sp³-hybridized carbons (Fsp3) is 0.364. The lowest BCUT2D eigenvalue weighted by atomic mass is 10.1. The first-order chi connectivity index (χ1) is 15.0. The van der Waals surface area contributed by atoms with E-state index in [0.29, 0.717) is 30.9 Å². The maximum Gasteiger partial charge on any atom is 0.229 e. The van der Waals surface area contributed by atoms with Crippen molar-refractivity contribution in [3.05, 3.63) is 54.1 Å². The van der Waals surface area contributed by atoms with Crippen molar-refractivity contribution in [3.8, 4) is 5.82 Å². The fourth-order valence-electron chi connectivity index (χ4n) is 3.89. The summed E-state index contributed by atoms with van der Waals surface area (Å²) >= 11 is 0. The van der Waals surface area contributed by atoms with E-state index in [-0.39, 0.29) is 6.10 Å².